The fourth-order valence-electron chi connectivity index (χ4n) is 1.45. The third-order valence-electron chi connectivity index (χ3n) is 2.45. The topological polar surface area (TPSA) is 21.3 Å². The van der Waals surface area contributed by atoms with Gasteiger partial charge in [-0.2, -0.15) is 0 Å². The number of benzene rings is 1. The molecular weight excluding hydrogens is 210 g/mol. The van der Waals surface area contributed by atoms with Crippen molar-refractivity contribution < 1.29 is 4.74 Å². The molecule has 15 heavy (non-hydrogen) atoms. The molecule has 1 unspecified atom stereocenters. The van der Waals surface area contributed by atoms with E-state index in [4.69, 9.17) is 16.3 Å². The molecule has 0 bridgehead atoms. The molecule has 0 spiro atoms. The van der Waals surface area contributed by atoms with Crippen LogP contribution in [0.5, 0.6) is 5.75 Å². The van der Waals surface area contributed by atoms with Gasteiger partial charge in [0.05, 0.1) is 7.11 Å². The maximum Gasteiger partial charge on any atom is 0.125 e. The van der Waals surface area contributed by atoms with Crippen molar-refractivity contribution in [3.8, 4) is 5.75 Å². The summed E-state index contributed by atoms with van der Waals surface area (Å²) in [5.74, 6) is 1.34. The predicted molar refractivity (Wildman–Crippen MR) is 64.7 cm³/mol. The van der Waals surface area contributed by atoms with E-state index < -0.39 is 0 Å². The van der Waals surface area contributed by atoms with Gasteiger partial charge in [0.25, 0.3) is 0 Å². The summed E-state index contributed by atoms with van der Waals surface area (Å²) in [4.78, 5) is 0. The van der Waals surface area contributed by atoms with Gasteiger partial charge in [0, 0.05) is 5.56 Å². The van der Waals surface area contributed by atoms with Crippen molar-refractivity contribution in [2.75, 3.05) is 14.2 Å². The Morgan fingerprint density at radius 3 is 2.47 bits per heavy atom. The normalized spacial score (nSPS) is 12.9. The number of hydrogen-bond acceptors (Lipinski definition) is 2. The van der Waals surface area contributed by atoms with E-state index in [-0.39, 0.29) is 5.50 Å². The van der Waals surface area contributed by atoms with E-state index in [9.17, 15) is 0 Å². The van der Waals surface area contributed by atoms with E-state index in [1.165, 1.54) is 5.56 Å². The third kappa shape index (κ3) is 2.86. The van der Waals surface area contributed by atoms with E-state index in [2.05, 4.69) is 25.2 Å². The number of alkyl halides is 1. The zero-order valence-corrected chi connectivity index (χ0v) is 10.4. The first-order valence-electron chi connectivity index (χ1n) is 5.09. The fraction of sp³-hybridized carbons (Fsp3) is 0.500. The van der Waals surface area contributed by atoms with Crippen LogP contribution < -0.4 is 10.1 Å². The lowest BCUT2D eigenvalue weighted by Crippen LogP contribution is -2.11. The molecule has 1 aromatic carbocycles. The largest absolute Gasteiger partial charge is 0.496 e. The van der Waals surface area contributed by atoms with Crippen molar-refractivity contribution in [3.05, 3.63) is 29.3 Å². The van der Waals surface area contributed by atoms with Gasteiger partial charge < -0.3 is 10.1 Å². The zero-order valence-electron chi connectivity index (χ0n) is 9.67. The maximum atomic E-state index is 6.12. The van der Waals surface area contributed by atoms with Gasteiger partial charge in [-0.3, -0.25) is 0 Å². The molecule has 0 aromatic heterocycles. The predicted octanol–water partition coefficient (Wildman–Crippen LogP) is 3.28. The van der Waals surface area contributed by atoms with Gasteiger partial charge in [-0.25, -0.2) is 0 Å². The lowest BCUT2D eigenvalue weighted by Gasteiger charge is -2.15. The van der Waals surface area contributed by atoms with E-state index >= 15 is 0 Å². The van der Waals surface area contributed by atoms with Crippen molar-refractivity contribution in [1.82, 2.24) is 5.32 Å². The average molecular weight is 228 g/mol. The van der Waals surface area contributed by atoms with E-state index in [1.807, 2.05) is 19.2 Å². The summed E-state index contributed by atoms with van der Waals surface area (Å²) < 4.78 is 5.33. The molecule has 1 rings (SSSR count). The molecule has 0 aliphatic carbocycles. The van der Waals surface area contributed by atoms with Crippen LogP contribution in [0.25, 0.3) is 0 Å². The molecule has 1 atom stereocenters. The second-order valence-electron chi connectivity index (χ2n) is 3.81. The zero-order chi connectivity index (χ0) is 11.4. The SMILES string of the molecule is CNC(Cl)c1ccc(C(C)C)cc1OC. The molecule has 0 heterocycles. The molecule has 0 aliphatic rings. The highest BCUT2D eigenvalue weighted by Gasteiger charge is 2.12. The smallest absolute Gasteiger partial charge is 0.125 e. The van der Waals surface area contributed by atoms with Crippen molar-refractivity contribution in [2.24, 2.45) is 0 Å². The first kappa shape index (κ1) is 12.3. The standard InChI is InChI=1S/C12H18ClNO/c1-8(2)9-5-6-10(12(13)14-3)11(7-9)15-4/h5-8,12,14H,1-4H3. The highest BCUT2D eigenvalue weighted by Crippen LogP contribution is 2.30. The monoisotopic (exact) mass is 227 g/mol. The summed E-state index contributed by atoms with van der Waals surface area (Å²) in [5, 5.41) is 2.99. The molecular formula is C12H18ClNO. The quantitative estimate of drug-likeness (QED) is 0.630. The Labute approximate surface area is 96.6 Å². The second-order valence-corrected chi connectivity index (χ2v) is 4.24. The van der Waals surface area contributed by atoms with Gasteiger partial charge >= 0.3 is 0 Å². The van der Waals surface area contributed by atoms with Crippen LogP contribution in [0.1, 0.15) is 36.4 Å². The van der Waals surface area contributed by atoms with Crippen LogP contribution >= 0.6 is 11.6 Å². The van der Waals surface area contributed by atoms with Crippen LogP contribution in [0.3, 0.4) is 0 Å². The van der Waals surface area contributed by atoms with Crippen LogP contribution in [0.15, 0.2) is 18.2 Å². The Bertz CT molecular complexity index is 325. The van der Waals surface area contributed by atoms with Crippen LogP contribution in [0, 0.1) is 0 Å². The Hall–Kier alpha value is -0.730. The van der Waals surface area contributed by atoms with E-state index in [1.54, 1.807) is 7.11 Å². The van der Waals surface area contributed by atoms with E-state index in [0.717, 1.165) is 11.3 Å². The van der Waals surface area contributed by atoms with Crippen molar-refractivity contribution in [2.45, 2.75) is 25.3 Å². The molecule has 0 fully saturated rings. The molecule has 0 radical (unpaired) electrons. The van der Waals surface area contributed by atoms with Gasteiger partial charge in [-0.05, 0) is 24.6 Å². The number of nitrogens with one attached hydrogen (secondary N) is 1. The summed E-state index contributed by atoms with van der Waals surface area (Å²) in [6, 6.07) is 6.16. The van der Waals surface area contributed by atoms with Crippen LogP contribution in [-0.4, -0.2) is 14.2 Å². The average Bonchev–Trinajstić information content (AvgIpc) is 2.27. The van der Waals surface area contributed by atoms with Crippen LogP contribution in [-0.2, 0) is 0 Å². The Balaban J connectivity index is 3.09. The number of methoxy groups -OCH3 is 1. The molecule has 3 heteroatoms. The van der Waals surface area contributed by atoms with E-state index in [0.29, 0.717) is 5.92 Å². The molecule has 0 saturated carbocycles. The van der Waals surface area contributed by atoms with Crippen molar-refractivity contribution in [3.63, 3.8) is 0 Å². The second kappa shape index (κ2) is 5.38. The highest BCUT2D eigenvalue weighted by atomic mass is 35.5. The van der Waals surface area contributed by atoms with Crippen molar-refractivity contribution in [1.29, 1.82) is 0 Å². The first-order valence-corrected chi connectivity index (χ1v) is 5.53. The van der Waals surface area contributed by atoms with Gasteiger partial charge in [0.1, 0.15) is 11.3 Å². The molecule has 0 aliphatic heterocycles. The Kier molecular flexibility index (Phi) is 4.43. The van der Waals surface area contributed by atoms with Crippen LogP contribution in [0.2, 0.25) is 0 Å². The van der Waals surface area contributed by atoms with Gasteiger partial charge in [-0.15, -0.1) is 11.6 Å². The fourth-order valence-corrected chi connectivity index (χ4v) is 1.63. The summed E-state index contributed by atoms with van der Waals surface area (Å²) in [6.45, 7) is 4.31. The van der Waals surface area contributed by atoms with Crippen molar-refractivity contribution >= 4 is 11.6 Å². The minimum atomic E-state index is -0.207. The minimum absolute atomic E-state index is 0.207. The molecule has 2 nitrogen and oxygen atoms in total. The number of rotatable bonds is 4. The minimum Gasteiger partial charge on any atom is -0.496 e. The molecule has 1 N–H and O–H groups in total. The van der Waals surface area contributed by atoms with Gasteiger partial charge in [0.2, 0.25) is 0 Å². The number of ether oxygens (including phenoxy) is 1. The molecule has 0 saturated heterocycles. The summed E-state index contributed by atoms with van der Waals surface area (Å²) in [6.07, 6.45) is 0. The maximum absolute atomic E-state index is 6.12. The molecule has 1 aromatic rings. The van der Waals surface area contributed by atoms with Gasteiger partial charge in [0.15, 0.2) is 0 Å². The Morgan fingerprint density at radius 2 is 2.00 bits per heavy atom. The lowest BCUT2D eigenvalue weighted by molar-refractivity contribution is 0.407. The van der Waals surface area contributed by atoms with Gasteiger partial charge in [-0.1, -0.05) is 26.0 Å². The third-order valence-corrected chi connectivity index (χ3v) is 2.90. The number of hydrogen-bond donors (Lipinski definition) is 1. The lowest BCUT2D eigenvalue weighted by atomic mass is 10.0. The summed E-state index contributed by atoms with van der Waals surface area (Å²) >= 11 is 6.12. The summed E-state index contributed by atoms with van der Waals surface area (Å²) in [5.41, 5.74) is 2.03. The number of halogens is 1. The Morgan fingerprint density at radius 1 is 1.33 bits per heavy atom. The highest BCUT2D eigenvalue weighted by molar-refractivity contribution is 6.20. The molecule has 0 amide bonds. The van der Waals surface area contributed by atoms with Crippen LogP contribution in [0.4, 0.5) is 0 Å². The molecule has 84 valence electrons. The first-order chi connectivity index (χ1) is 7.10. The summed E-state index contributed by atoms with van der Waals surface area (Å²) in [7, 11) is 3.50.